The van der Waals surface area contributed by atoms with Crippen LogP contribution in [0.15, 0.2) is 36.4 Å². The van der Waals surface area contributed by atoms with Gasteiger partial charge in [-0.05, 0) is 61.7 Å². The first kappa shape index (κ1) is 15.3. The first-order valence-electron chi connectivity index (χ1n) is 7.04. The summed E-state index contributed by atoms with van der Waals surface area (Å²) in [5.74, 6) is -0.480. The molecule has 114 valence electrons. The Morgan fingerprint density at radius 3 is 2.73 bits per heavy atom. The van der Waals surface area contributed by atoms with Crippen LogP contribution in [0.3, 0.4) is 0 Å². The number of carbonyl (C=O) groups excluding carboxylic acids is 1. The van der Waals surface area contributed by atoms with Gasteiger partial charge in [-0.3, -0.25) is 4.79 Å². The van der Waals surface area contributed by atoms with Crippen LogP contribution in [0.2, 0.25) is 10.0 Å². The number of amides is 1. The van der Waals surface area contributed by atoms with E-state index >= 15 is 0 Å². The van der Waals surface area contributed by atoms with Crippen LogP contribution in [0.4, 0.5) is 10.1 Å². The second-order valence-corrected chi connectivity index (χ2v) is 6.30. The highest BCUT2D eigenvalue weighted by molar-refractivity contribution is 6.37. The van der Waals surface area contributed by atoms with Crippen molar-refractivity contribution in [3.05, 3.63) is 63.4 Å². The Labute approximate surface area is 138 Å². The van der Waals surface area contributed by atoms with Gasteiger partial charge in [-0.2, -0.15) is 0 Å². The van der Waals surface area contributed by atoms with Crippen molar-refractivity contribution in [3.63, 3.8) is 0 Å². The Bertz CT molecular complexity index is 747. The van der Waals surface area contributed by atoms with E-state index in [4.69, 9.17) is 23.2 Å². The zero-order valence-electron chi connectivity index (χ0n) is 11.9. The third-order valence-electron chi connectivity index (χ3n) is 3.95. The van der Waals surface area contributed by atoms with Crippen molar-refractivity contribution in [1.29, 1.82) is 0 Å². The molecular formula is C17H14Cl2FNO. The van der Waals surface area contributed by atoms with E-state index in [1.807, 2.05) is 6.92 Å². The molecule has 0 saturated carbocycles. The van der Waals surface area contributed by atoms with Gasteiger partial charge in [0.2, 0.25) is 0 Å². The summed E-state index contributed by atoms with van der Waals surface area (Å²) in [5.41, 5.74) is 1.99. The Morgan fingerprint density at radius 1 is 1.23 bits per heavy atom. The lowest BCUT2D eigenvalue weighted by Crippen LogP contribution is -2.42. The fourth-order valence-corrected chi connectivity index (χ4v) is 3.31. The number of hydrogen-bond acceptors (Lipinski definition) is 1. The van der Waals surface area contributed by atoms with E-state index in [1.165, 1.54) is 12.1 Å². The molecule has 5 heteroatoms. The fraction of sp³-hybridized carbons (Fsp3) is 0.235. The number of rotatable bonds is 1. The van der Waals surface area contributed by atoms with E-state index in [9.17, 15) is 9.18 Å². The van der Waals surface area contributed by atoms with Gasteiger partial charge >= 0.3 is 0 Å². The maximum absolute atomic E-state index is 13.4. The molecule has 0 bridgehead atoms. The SMILES string of the molecule is C[C@@H]1CCc2cc(F)ccc2N1C(=O)c1ccc(Cl)cc1Cl. The lowest BCUT2D eigenvalue weighted by atomic mass is 9.95. The predicted molar refractivity (Wildman–Crippen MR) is 87.5 cm³/mol. The van der Waals surface area contributed by atoms with E-state index in [0.29, 0.717) is 15.6 Å². The van der Waals surface area contributed by atoms with Crippen LogP contribution >= 0.6 is 23.2 Å². The normalized spacial score (nSPS) is 17.3. The quantitative estimate of drug-likeness (QED) is 0.707. The van der Waals surface area contributed by atoms with Gasteiger partial charge in [0.15, 0.2) is 0 Å². The molecule has 1 amide bonds. The van der Waals surface area contributed by atoms with Gasteiger partial charge in [-0.25, -0.2) is 4.39 Å². The number of nitrogens with zero attached hydrogens (tertiary/aromatic N) is 1. The molecular weight excluding hydrogens is 324 g/mol. The van der Waals surface area contributed by atoms with Gasteiger partial charge in [-0.15, -0.1) is 0 Å². The van der Waals surface area contributed by atoms with Gasteiger partial charge in [0.1, 0.15) is 5.82 Å². The lowest BCUT2D eigenvalue weighted by Gasteiger charge is -2.35. The van der Waals surface area contributed by atoms with Gasteiger partial charge in [0.05, 0.1) is 10.6 Å². The van der Waals surface area contributed by atoms with Crippen molar-refractivity contribution in [1.82, 2.24) is 0 Å². The van der Waals surface area contributed by atoms with Crippen molar-refractivity contribution < 1.29 is 9.18 Å². The third kappa shape index (κ3) is 2.71. The van der Waals surface area contributed by atoms with Gasteiger partial charge in [-0.1, -0.05) is 23.2 Å². The molecule has 0 saturated heterocycles. The minimum Gasteiger partial charge on any atom is -0.305 e. The van der Waals surface area contributed by atoms with Gasteiger partial charge < -0.3 is 4.90 Å². The van der Waals surface area contributed by atoms with Crippen molar-refractivity contribution in [2.24, 2.45) is 0 Å². The summed E-state index contributed by atoms with van der Waals surface area (Å²) in [6, 6.07) is 9.36. The molecule has 3 rings (SSSR count). The number of anilines is 1. The summed E-state index contributed by atoms with van der Waals surface area (Å²) in [6.45, 7) is 1.98. The Morgan fingerprint density at radius 2 is 2.00 bits per heavy atom. The third-order valence-corrected chi connectivity index (χ3v) is 4.50. The molecule has 0 aliphatic carbocycles. The molecule has 1 atom stereocenters. The predicted octanol–water partition coefficient (Wildman–Crippen LogP) is 5.11. The van der Waals surface area contributed by atoms with Crippen LogP contribution in [0, 0.1) is 5.82 Å². The van der Waals surface area contributed by atoms with E-state index in [-0.39, 0.29) is 17.8 Å². The molecule has 1 heterocycles. The minimum absolute atomic E-state index is 0.0252. The highest BCUT2D eigenvalue weighted by Crippen LogP contribution is 2.34. The number of carbonyl (C=O) groups is 1. The molecule has 0 fully saturated rings. The average molecular weight is 338 g/mol. The molecule has 0 N–H and O–H groups in total. The van der Waals surface area contributed by atoms with E-state index < -0.39 is 0 Å². The summed E-state index contributed by atoms with van der Waals surface area (Å²) in [7, 11) is 0. The van der Waals surface area contributed by atoms with E-state index in [0.717, 1.165) is 24.1 Å². The van der Waals surface area contributed by atoms with Crippen LogP contribution in [-0.2, 0) is 6.42 Å². The maximum atomic E-state index is 13.4. The molecule has 22 heavy (non-hydrogen) atoms. The standard InChI is InChI=1S/C17H14Cl2FNO/c1-10-2-3-11-8-13(20)5-7-16(11)21(10)17(22)14-6-4-12(18)9-15(14)19/h4-10H,2-3H2,1H3/t10-/m1/s1. The number of fused-ring (bicyclic) bond motifs is 1. The number of hydrogen-bond donors (Lipinski definition) is 0. The monoisotopic (exact) mass is 337 g/mol. The molecule has 0 aromatic heterocycles. The molecule has 0 unspecified atom stereocenters. The Balaban J connectivity index is 2.05. The first-order valence-corrected chi connectivity index (χ1v) is 7.80. The van der Waals surface area contributed by atoms with E-state index in [1.54, 1.807) is 29.2 Å². The molecule has 2 aromatic rings. The van der Waals surface area contributed by atoms with Gasteiger partial charge in [0, 0.05) is 16.8 Å². The summed E-state index contributed by atoms with van der Waals surface area (Å²) in [5, 5.41) is 0.801. The molecule has 1 aliphatic heterocycles. The first-order chi connectivity index (χ1) is 10.5. The van der Waals surface area contributed by atoms with Crippen LogP contribution in [0.5, 0.6) is 0 Å². The molecule has 2 nitrogen and oxygen atoms in total. The largest absolute Gasteiger partial charge is 0.305 e. The zero-order chi connectivity index (χ0) is 15.9. The van der Waals surface area contributed by atoms with E-state index in [2.05, 4.69) is 0 Å². The van der Waals surface area contributed by atoms with Gasteiger partial charge in [0.25, 0.3) is 5.91 Å². The van der Waals surface area contributed by atoms with Crippen LogP contribution in [-0.4, -0.2) is 11.9 Å². The zero-order valence-corrected chi connectivity index (χ0v) is 13.5. The Kier molecular flexibility index (Phi) is 4.11. The average Bonchev–Trinajstić information content (AvgIpc) is 2.47. The van der Waals surface area contributed by atoms with Crippen LogP contribution in [0.1, 0.15) is 29.3 Å². The number of aryl methyl sites for hydroxylation is 1. The highest BCUT2D eigenvalue weighted by atomic mass is 35.5. The smallest absolute Gasteiger partial charge is 0.260 e. The molecule has 1 aliphatic rings. The van der Waals surface area contributed by atoms with Crippen molar-refractivity contribution in [2.45, 2.75) is 25.8 Å². The lowest BCUT2D eigenvalue weighted by molar-refractivity contribution is 0.0975. The fourth-order valence-electron chi connectivity index (χ4n) is 2.82. The summed E-state index contributed by atoms with van der Waals surface area (Å²) in [6.07, 6.45) is 1.54. The summed E-state index contributed by atoms with van der Waals surface area (Å²) < 4.78 is 13.4. The number of benzene rings is 2. The highest BCUT2D eigenvalue weighted by Gasteiger charge is 2.30. The Hall–Kier alpha value is -1.58. The molecule has 0 radical (unpaired) electrons. The number of halogens is 3. The second-order valence-electron chi connectivity index (χ2n) is 5.46. The minimum atomic E-state index is -0.287. The van der Waals surface area contributed by atoms with Crippen molar-refractivity contribution >= 4 is 34.8 Å². The van der Waals surface area contributed by atoms with Crippen LogP contribution in [0.25, 0.3) is 0 Å². The molecule has 0 spiro atoms. The second kappa shape index (κ2) is 5.90. The molecule has 2 aromatic carbocycles. The summed E-state index contributed by atoms with van der Waals surface area (Å²) in [4.78, 5) is 14.6. The maximum Gasteiger partial charge on any atom is 0.260 e. The topological polar surface area (TPSA) is 20.3 Å². The van der Waals surface area contributed by atoms with Crippen LogP contribution < -0.4 is 4.90 Å². The van der Waals surface area contributed by atoms with Crippen molar-refractivity contribution in [3.8, 4) is 0 Å². The summed E-state index contributed by atoms with van der Waals surface area (Å²) >= 11 is 12.0. The van der Waals surface area contributed by atoms with Crippen molar-refractivity contribution in [2.75, 3.05) is 4.90 Å².